The number of para-hydroxylation sites is 1. The van der Waals surface area contributed by atoms with Gasteiger partial charge < -0.3 is 15.0 Å². The number of hydrogen-bond acceptors (Lipinski definition) is 7. The molecule has 0 unspecified atom stereocenters. The maximum absolute atomic E-state index is 12.1. The summed E-state index contributed by atoms with van der Waals surface area (Å²) in [7, 11) is 3.18. The maximum Gasteiger partial charge on any atom is 0.348 e. The topological polar surface area (TPSA) is 88.6 Å². The molecule has 3 rings (SSSR count). The Hall–Kier alpha value is -2.78. The van der Waals surface area contributed by atoms with Crippen molar-refractivity contribution in [2.24, 2.45) is 0 Å². The van der Waals surface area contributed by atoms with Crippen molar-refractivity contribution < 1.29 is 19.1 Å². The van der Waals surface area contributed by atoms with E-state index in [4.69, 9.17) is 4.74 Å². The number of amides is 2. The van der Waals surface area contributed by atoms with Crippen molar-refractivity contribution in [2.75, 3.05) is 27.2 Å². The van der Waals surface area contributed by atoms with E-state index in [0.29, 0.717) is 4.88 Å². The Morgan fingerprint density at radius 1 is 1.11 bits per heavy atom. The minimum atomic E-state index is -0.582. The van der Waals surface area contributed by atoms with Gasteiger partial charge in [0.2, 0.25) is 5.91 Å². The zero-order valence-electron chi connectivity index (χ0n) is 14.7. The van der Waals surface area contributed by atoms with Crippen molar-refractivity contribution in [1.82, 2.24) is 15.2 Å². The first-order chi connectivity index (χ1) is 12.9. The molecule has 0 bridgehead atoms. The molecule has 0 aliphatic heterocycles. The molecular weight excluding hydrogens is 386 g/mol. The molecule has 0 saturated carbocycles. The molecule has 1 aromatic carbocycles. The molecule has 2 amide bonds. The Bertz CT molecular complexity index is 960. The number of thiazole rings is 1. The van der Waals surface area contributed by atoms with Crippen LogP contribution in [0.25, 0.3) is 20.1 Å². The number of nitrogens with zero attached hydrogens (tertiary/aromatic N) is 2. The average Bonchev–Trinajstić information content (AvgIpc) is 3.30. The minimum absolute atomic E-state index is 0.135. The minimum Gasteiger partial charge on any atom is -0.451 e. The van der Waals surface area contributed by atoms with Gasteiger partial charge in [-0.25, -0.2) is 9.78 Å². The standard InChI is InChI=1S/C18H17N3O4S2/c1-21(2)16(23)9-19-15(22)10-25-18(24)14-8-7-13(26-14)17-20-11-5-3-4-6-12(11)27-17/h3-8H,9-10H2,1-2H3,(H,19,22). The molecule has 0 aliphatic rings. The maximum atomic E-state index is 12.1. The molecule has 9 heteroatoms. The van der Waals surface area contributed by atoms with E-state index in [1.165, 1.54) is 16.2 Å². The number of esters is 1. The van der Waals surface area contributed by atoms with Gasteiger partial charge >= 0.3 is 5.97 Å². The predicted molar refractivity (Wildman–Crippen MR) is 105 cm³/mol. The van der Waals surface area contributed by atoms with Crippen LogP contribution in [-0.2, 0) is 14.3 Å². The van der Waals surface area contributed by atoms with Crippen molar-refractivity contribution >= 4 is 50.7 Å². The van der Waals surface area contributed by atoms with Gasteiger partial charge in [0.15, 0.2) is 6.61 Å². The average molecular weight is 403 g/mol. The molecule has 7 nitrogen and oxygen atoms in total. The van der Waals surface area contributed by atoms with Gasteiger partial charge in [-0.2, -0.15) is 0 Å². The van der Waals surface area contributed by atoms with Gasteiger partial charge in [-0.15, -0.1) is 22.7 Å². The van der Waals surface area contributed by atoms with Crippen LogP contribution in [0.4, 0.5) is 0 Å². The first kappa shape index (κ1) is 19.0. The number of fused-ring (bicyclic) bond motifs is 1. The largest absolute Gasteiger partial charge is 0.451 e. The van der Waals surface area contributed by atoms with Crippen molar-refractivity contribution in [3.05, 3.63) is 41.3 Å². The van der Waals surface area contributed by atoms with E-state index in [9.17, 15) is 14.4 Å². The van der Waals surface area contributed by atoms with Gasteiger partial charge in [-0.1, -0.05) is 12.1 Å². The molecule has 0 fully saturated rings. The van der Waals surface area contributed by atoms with Crippen LogP contribution < -0.4 is 5.32 Å². The van der Waals surface area contributed by atoms with E-state index in [1.807, 2.05) is 30.3 Å². The molecule has 0 spiro atoms. The van der Waals surface area contributed by atoms with Crippen molar-refractivity contribution in [3.63, 3.8) is 0 Å². The fraction of sp³-hybridized carbons (Fsp3) is 0.222. The molecule has 1 N–H and O–H groups in total. The van der Waals surface area contributed by atoms with E-state index in [1.54, 1.807) is 31.5 Å². The van der Waals surface area contributed by atoms with Gasteiger partial charge in [0, 0.05) is 14.1 Å². The third-order valence-electron chi connectivity index (χ3n) is 3.58. The van der Waals surface area contributed by atoms with Crippen LogP contribution in [0.15, 0.2) is 36.4 Å². The third kappa shape index (κ3) is 4.69. The van der Waals surface area contributed by atoms with E-state index in [0.717, 1.165) is 20.1 Å². The van der Waals surface area contributed by atoms with Crippen LogP contribution in [0, 0.1) is 0 Å². The summed E-state index contributed by atoms with van der Waals surface area (Å²) in [4.78, 5) is 42.4. The van der Waals surface area contributed by atoms with E-state index >= 15 is 0 Å². The summed E-state index contributed by atoms with van der Waals surface area (Å²) < 4.78 is 6.09. The van der Waals surface area contributed by atoms with Crippen molar-refractivity contribution in [2.45, 2.75) is 0 Å². The monoisotopic (exact) mass is 403 g/mol. The fourth-order valence-corrected chi connectivity index (χ4v) is 4.05. The third-order valence-corrected chi connectivity index (χ3v) is 5.85. The molecule has 0 aliphatic carbocycles. The Morgan fingerprint density at radius 3 is 2.63 bits per heavy atom. The number of ether oxygens (including phenoxy) is 1. The molecule has 2 aromatic heterocycles. The van der Waals surface area contributed by atoms with Gasteiger partial charge in [-0.05, 0) is 24.3 Å². The lowest BCUT2D eigenvalue weighted by Crippen LogP contribution is -2.38. The van der Waals surface area contributed by atoms with Gasteiger partial charge in [-0.3, -0.25) is 9.59 Å². The van der Waals surface area contributed by atoms with E-state index in [2.05, 4.69) is 10.3 Å². The predicted octanol–water partition coefficient (Wildman–Crippen LogP) is 2.39. The van der Waals surface area contributed by atoms with Crippen LogP contribution in [0.2, 0.25) is 0 Å². The van der Waals surface area contributed by atoms with Crippen molar-refractivity contribution in [3.8, 4) is 9.88 Å². The molecule has 0 saturated heterocycles. The summed E-state index contributed by atoms with van der Waals surface area (Å²) >= 11 is 2.82. The smallest absolute Gasteiger partial charge is 0.348 e. The molecule has 27 heavy (non-hydrogen) atoms. The first-order valence-electron chi connectivity index (χ1n) is 8.04. The summed E-state index contributed by atoms with van der Waals surface area (Å²) in [5.41, 5.74) is 0.916. The molecule has 2 heterocycles. The number of benzene rings is 1. The number of aromatic nitrogens is 1. The van der Waals surface area contributed by atoms with E-state index in [-0.39, 0.29) is 12.5 Å². The summed E-state index contributed by atoms with van der Waals surface area (Å²) in [6.45, 7) is -0.571. The molecular formula is C18H17N3O4S2. The van der Waals surface area contributed by atoms with Crippen LogP contribution in [0.3, 0.4) is 0 Å². The highest BCUT2D eigenvalue weighted by atomic mass is 32.1. The highest BCUT2D eigenvalue weighted by Gasteiger charge is 2.16. The van der Waals surface area contributed by atoms with Gasteiger partial charge in [0.1, 0.15) is 9.88 Å². The quantitative estimate of drug-likeness (QED) is 0.639. The Morgan fingerprint density at radius 2 is 1.89 bits per heavy atom. The summed E-state index contributed by atoms with van der Waals surface area (Å²) in [6.07, 6.45) is 0. The number of likely N-dealkylation sites (N-methyl/N-ethyl adjacent to an activating group) is 1. The second-order valence-electron chi connectivity index (χ2n) is 5.79. The Labute approximate surface area is 163 Å². The summed E-state index contributed by atoms with van der Waals surface area (Å²) in [5, 5.41) is 3.24. The molecule has 0 atom stereocenters. The van der Waals surface area contributed by atoms with Crippen molar-refractivity contribution in [1.29, 1.82) is 0 Å². The number of carbonyl (C=O) groups excluding carboxylic acids is 3. The highest BCUT2D eigenvalue weighted by molar-refractivity contribution is 7.26. The number of hydrogen-bond donors (Lipinski definition) is 1. The van der Waals surface area contributed by atoms with E-state index < -0.39 is 18.5 Å². The Balaban J connectivity index is 1.57. The fourth-order valence-electron chi connectivity index (χ4n) is 2.13. The Kier molecular flexibility index (Phi) is 5.82. The number of rotatable bonds is 6. The van der Waals surface area contributed by atoms with Crippen LogP contribution in [0.5, 0.6) is 0 Å². The number of carbonyl (C=O) groups is 3. The molecule has 140 valence electrons. The number of thiophene rings is 1. The number of nitrogens with one attached hydrogen (secondary N) is 1. The lowest BCUT2D eigenvalue weighted by atomic mass is 10.3. The second kappa shape index (κ2) is 8.28. The van der Waals surface area contributed by atoms with Gasteiger partial charge in [0.05, 0.1) is 21.6 Å². The zero-order chi connectivity index (χ0) is 19.4. The van der Waals surface area contributed by atoms with Crippen LogP contribution in [-0.4, -0.2) is 54.9 Å². The highest BCUT2D eigenvalue weighted by Crippen LogP contribution is 2.34. The molecule has 3 aromatic rings. The van der Waals surface area contributed by atoms with Crippen LogP contribution >= 0.6 is 22.7 Å². The lowest BCUT2D eigenvalue weighted by Gasteiger charge is -2.10. The summed E-state index contributed by atoms with van der Waals surface area (Å²) in [6, 6.07) is 11.3. The first-order valence-corrected chi connectivity index (χ1v) is 9.67. The zero-order valence-corrected chi connectivity index (χ0v) is 16.4. The lowest BCUT2D eigenvalue weighted by molar-refractivity contribution is -0.131. The van der Waals surface area contributed by atoms with Gasteiger partial charge in [0.25, 0.3) is 5.91 Å². The SMILES string of the molecule is CN(C)C(=O)CNC(=O)COC(=O)c1ccc(-c2nc3ccccc3s2)s1. The summed E-state index contributed by atoms with van der Waals surface area (Å²) in [5.74, 6) is -1.35. The molecule has 0 radical (unpaired) electrons. The normalized spacial score (nSPS) is 10.6. The van der Waals surface area contributed by atoms with Crippen LogP contribution in [0.1, 0.15) is 9.67 Å². The second-order valence-corrected chi connectivity index (χ2v) is 7.91.